The molecule has 1 saturated heterocycles. The first kappa shape index (κ1) is 26.0. The smallest absolute Gasteiger partial charge is 0.374 e. The molecule has 2 N–H and O–H groups in total. The first-order valence-electron chi connectivity index (χ1n) is 15.5. The number of fused-ring (bicyclic) bond motifs is 2. The normalized spacial score (nSPS) is 28.3. The lowest BCUT2D eigenvalue weighted by molar-refractivity contribution is -0.00958. The zero-order valence-corrected chi connectivity index (χ0v) is 23.8. The predicted molar refractivity (Wildman–Crippen MR) is 152 cm³/mol. The van der Waals surface area contributed by atoms with Crippen LogP contribution in [0.15, 0.2) is 9.32 Å². The summed E-state index contributed by atoms with van der Waals surface area (Å²) in [5, 5.41) is 7.65. The third kappa shape index (κ3) is 4.90. The van der Waals surface area contributed by atoms with E-state index in [9.17, 15) is 4.79 Å². The number of ether oxygens (including phenoxy) is 1. The highest BCUT2D eigenvalue weighted by atomic mass is 16.5. The van der Waals surface area contributed by atoms with Crippen molar-refractivity contribution >= 4 is 22.9 Å². The van der Waals surface area contributed by atoms with Gasteiger partial charge in [0.25, 0.3) is 0 Å². The SMILES string of the molecule is C[C@@H](Nc1nc(-c2noc(=O)[nH]2)nc2nc(N3CCO[C@H]4CCCC[C@H]43)n(C[C@H]3CC[C@H](C)CC3)c12)C1CCC1. The van der Waals surface area contributed by atoms with Crippen LogP contribution in [0.5, 0.6) is 0 Å². The van der Waals surface area contributed by atoms with Crippen LogP contribution in [0.2, 0.25) is 0 Å². The maximum atomic E-state index is 11.8. The second-order valence-corrected chi connectivity index (χ2v) is 12.7. The Balaban J connectivity index is 1.36. The Kier molecular flexibility index (Phi) is 7.01. The van der Waals surface area contributed by atoms with Gasteiger partial charge in [0.2, 0.25) is 17.6 Å². The van der Waals surface area contributed by atoms with Gasteiger partial charge in [-0.1, -0.05) is 44.2 Å². The average Bonchev–Trinajstić information content (AvgIpc) is 3.52. The predicted octanol–water partition coefficient (Wildman–Crippen LogP) is 4.74. The number of hydrogen-bond donors (Lipinski definition) is 2. The summed E-state index contributed by atoms with van der Waals surface area (Å²) in [5.74, 6) is 3.69. The number of anilines is 2. The molecule has 0 radical (unpaired) electrons. The zero-order valence-electron chi connectivity index (χ0n) is 23.8. The standard InChI is InChI=1S/C29H42N8O3/c1-17-10-12-19(13-11-17)16-37-23-24(30-18(2)20-6-5-7-20)31-26(27-34-29(38)40-35-27)32-25(23)33-28(37)36-14-15-39-22-9-4-3-8-21(22)36/h17-22H,3-16H2,1-2H3,(H,30,31,32)(H,34,35,38)/t17-,18-,19-,21-,22+/m1/s1. The molecular formula is C29H42N8O3. The van der Waals surface area contributed by atoms with Crippen LogP contribution in [0.4, 0.5) is 11.8 Å². The van der Waals surface area contributed by atoms with Crippen molar-refractivity contribution < 1.29 is 9.26 Å². The lowest BCUT2D eigenvalue weighted by Gasteiger charge is -2.44. The molecular weight excluding hydrogens is 508 g/mol. The fourth-order valence-corrected chi connectivity index (χ4v) is 7.34. The van der Waals surface area contributed by atoms with Crippen molar-refractivity contribution in [1.82, 2.24) is 29.7 Å². The molecule has 0 amide bonds. The molecule has 3 saturated carbocycles. The molecule has 3 aliphatic carbocycles. The van der Waals surface area contributed by atoms with E-state index in [-0.39, 0.29) is 18.0 Å². The molecule has 0 unspecified atom stereocenters. The van der Waals surface area contributed by atoms with Gasteiger partial charge in [-0.2, -0.15) is 4.98 Å². The van der Waals surface area contributed by atoms with Crippen molar-refractivity contribution in [1.29, 1.82) is 0 Å². The van der Waals surface area contributed by atoms with E-state index in [1.54, 1.807) is 0 Å². The van der Waals surface area contributed by atoms with E-state index in [1.165, 1.54) is 57.8 Å². The number of morpholine rings is 1. The van der Waals surface area contributed by atoms with Crippen LogP contribution in [-0.2, 0) is 11.3 Å². The molecule has 7 rings (SSSR count). The molecule has 4 heterocycles. The van der Waals surface area contributed by atoms with Gasteiger partial charge in [-0.15, -0.1) is 0 Å². The Bertz CT molecular complexity index is 1380. The van der Waals surface area contributed by atoms with Crippen LogP contribution in [0, 0.1) is 17.8 Å². The summed E-state index contributed by atoms with van der Waals surface area (Å²) in [5.41, 5.74) is 1.59. The number of rotatable bonds is 7. The minimum Gasteiger partial charge on any atom is -0.374 e. The van der Waals surface area contributed by atoms with E-state index in [2.05, 4.69) is 38.8 Å². The molecule has 0 spiro atoms. The van der Waals surface area contributed by atoms with Crippen molar-refractivity contribution in [2.75, 3.05) is 23.4 Å². The van der Waals surface area contributed by atoms with Gasteiger partial charge in [-0.3, -0.25) is 9.51 Å². The quantitative estimate of drug-likeness (QED) is 0.429. The molecule has 0 aromatic carbocycles. The van der Waals surface area contributed by atoms with Crippen molar-refractivity contribution in [3.8, 4) is 11.6 Å². The molecule has 3 aromatic rings. The molecule has 4 aliphatic rings. The van der Waals surface area contributed by atoms with Gasteiger partial charge >= 0.3 is 5.76 Å². The number of aromatic amines is 1. The Morgan fingerprint density at radius 1 is 1.02 bits per heavy atom. The molecule has 216 valence electrons. The summed E-state index contributed by atoms with van der Waals surface area (Å²) in [7, 11) is 0. The Labute approximate surface area is 234 Å². The summed E-state index contributed by atoms with van der Waals surface area (Å²) in [4.78, 5) is 31.9. The largest absolute Gasteiger partial charge is 0.439 e. The van der Waals surface area contributed by atoms with Gasteiger partial charge in [0.05, 0.1) is 18.8 Å². The van der Waals surface area contributed by atoms with Crippen molar-refractivity contribution in [2.24, 2.45) is 17.8 Å². The van der Waals surface area contributed by atoms with E-state index in [0.29, 0.717) is 36.0 Å². The van der Waals surface area contributed by atoms with E-state index in [4.69, 9.17) is 24.2 Å². The topological polar surface area (TPSA) is 127 Å². The number of aromatic nitrogens is 6. The summed E-state index contributed by atoms with van der Waals surface area (Å²) < 4.78 is 13.5. The third-order valence-corrected chi connectivity index (χ3v) is 10.0. The lowest BCUT2D eigenvalue weighted by Crippen LogP contribution is -2.53. The van der Waals surface area contributed by atoms with Gasteiger partial charge < -0.3 is 19.5 Å². The highest BCUT2D eigenvalue weighted by Gasteiger charge is 2.38. The molecule has 1 aliphatic heterocycles. The van der Waals surface area contributed by atoms with Crippen molar-refractivity contribution in [3.63, 3.8) is 0 Å². The summed E-state index contributed by atoms with van der Waals surface area (Å²) in [6.45, 7) is 7.06. The van der Waals surface area contributed by atoms with Gasteiger partial charge in [0, 0.05) is 19.1 Å². The maximum Gasteiger partial charge on any atom is 0.439 e. The first-order valence-corrected chi connectivity index (χ1v) is 15.5. The summed E-state index contributed by atoms with van der Waals surface area (Å²) in [6.07, 6.45) is 13.7. The Hall–Kier alpha value is -2.95. The molecule has 11 nitrogen and oxygen atoms in total. The number of nitrogens with one attached hydrogen (secondary N) is 2. The number of imidazole rings is 1. The second kappa shape index (κ2) is 10.8. The second-order valence-electron chi connectivity index (χ2n) is 12.7. The van der Waals surface area contributed by atoms with Crippen LogP contribution in [-0.4, -0.2) is 61.0 Å². The monoisotopic (exact) mass is 550 g/mol. The lowest BCUT2D eigenvalue weighted by atomic mass is 9.80. The molecule has 40 heavy (non-hydrogen) atoms. The van der Waals surface area contributed by atoms with Crippen molar-refractivity contribution in [2.45, 2.75) is 109 Å². The van der Waals surface area contributed by atoms with E-state index >= 15 is 0 Å². The third-order valence-electron chi connectivity index (χ3n) is 10.0. The average molecular weight is 551 g/mol. The fraction of sp³-hybridized carbons (Fsp3) is 0.759. The van der Waals surface area contributed by atoms with Gasteiger partial charge in [-0.05, 0) is 63.2 Å². The zero-order chi connectivity index (χ0) is 27.2. The molecule has 3 aromatic heterocycles. The summed E-state index contributed by atoms with van der Waals surface area (Å²) >= 11 is 0. The van der Waals surface area contributed by atoms with E-state index < -0.39 is 5.76 Å². The minimum atomic E-state index is -0.620. The molecule has 0 bridgehead atoms. The van der Waals surface area contributed by atoms with Gasteiger partial charge in [-0.25, -0.2) is 14.8 Å². The van der Waals surface area contributed by atoms with E-state index in [0.717, 1.165) is 49.1 Å². The van der Waals surface area contributed by atoms with Crippen LogP contribution in [0.3, 0.4) is 0 Å². The van der Waals surface area contributed by atoms with Gasteiger partial charge in [0.1, 0.15) is 5.52 Å². The van der Waals surface area contributed by atoms with Crippen LogP contribution in [0.25, 0.3) is 22.8 Å². The number of H-pyrrole nitrogens is 1. The summed E-state index contributed by atoms with van der Waals surface area (Å²) in [6, 6.07) is 0.596. The Morgan fingerprint density at radius 3 is 2.60 bits per heavy atom. The Morgan fingerprint density at radius 2 is 1.85 bits per heavy atom. The minimum absolute atomic E-state index is 0.224. The molecule has 4 fully saturated rings. The number of nitrogens with zero attached hydrogens (tertiary/aromatic N) is 6. The first-order chi connectivity index (χ1) is 19.5. The maximum absolute atomic E-state index is 11.8. The van der Waals surface area contributed by atoms with Crippen LogP contribution in [0.1, 0.15) is 84.5 Å². The molecule has 11 heteroatoms. The van der Waals surface area contributed by atoms with Crippen LogP contribution >= 0.6 is 0 Å². The van der Waals surface area contributed by atoms with Crippen LogP contribution < -0.4 is 16.0 Å². The van der Waals surface area contributed by atoms with Crippen molar-refractivity contribution in [3.05, 3.63) is 10.6 Å². The van der Waals surface area contributed by atoms with E-state index in [1.807, 2.05) is 0 Å². The number of hydrogen-bond acceptors (Lipinski definition) is 9. The fourth-order valence-electron chi connectivity index (χ4n) is 7.34. The molecule has 3 atom stereocenters. The highest BCUT2D eigenvalue weighted by molar-refractivity contribution is 5.87. The van der Waals surface area contributed by atoms with Gasteiger partial charge in [0.15, 0.2) is 11.5 Å². The highest BCUT2D eigenvalue weighted by Crippen LogP contribution is 2.38.